The number of carboxylic acid groups (broad SMARTS) is 1. The van der Waals surface area contributed by atoms with Crippen molar-refractivity contribution in [2.24, 2.45) is 0 Å². The van der Waals surface area contributed by atoms with E-state index in [9.17, 15) is 9.18 Å². The molecule has 0 spiro atoms. The van der Waals surface area contributed by atoms with Crippen molar-refractivity contribution in [3.63, 3.8) is 0 Å². The maximum Gasteiger partial charge on any atom is 0.335 e. The van der Waals surface area contributed by atoms with E-state index in [0.29, 0.717) is 16.7 Å². The van der Waals surface area contributed by atoms with Crippen LogP contribution in [0.25, 0.3) is 11.1 Å². The van der Waals surface area contributed by atoms with Gasteiger partial charge in [-0.25, -0.2) is 9.18 Å². The van der Waals surface area contributed by atoms with Crippen LogP contribution in [0.15, 0.2) is 36.4 Å². The van der Waals surface area contributed by atoms with Gasteiger partial charge in [0.25, 0.3) is 0 Å². The summed E-state index contributed by atoms with van der Waals surface area (Å²) in [7, 11) is 0. The molecule has 0 saturated heterocycles. The molecule has 0 heterocycles. The standard InChI is InChI=1S/C14H10ClFO2/c1-8-2-3-9(6-11(8)14(17)18)10-4-5-13(16)12(15)7-10/h2-7H,1H3,(H,17,18). The van der Waals surface area contributed by atoms with Crippen LogP contribution in [0.1, 0.15) is 15.9 Å². The van der Waals surface area contributed by atoms with E-state index in [-0.39, 0.29) is 10.6 Å². The molecule has 1 N–H and O–H groups in total. The average molecular weight is 265 g/mol. The molecule has 0 unspecified atom stereocenters. The summed E-state index contributed by atoms with van der Waals surface area (Å²) in [6.45, 7) is 1.73. The Hall–Kier alpha value is -1.87. The lowest BCUT2D eigenvalue weighted by Crippen LogP contribution is -1.99. The largest absolute Gasteiger partial charge is 0.478 e. The zero-order valence-corrected chi connectivity index (χ0v) is 10.3. The van der Waals surface area contributed by atoms with Crippen LogP contribution in [0, 0.1) is 12.7 Å². The number of aryl methyl sites for hydroxylation is 1. The van der Waals surface area contributed by atoms with E-state index in [4.69, 9.17) is 16.7 Å². The predicted octanol–water partition coefficient (Wildman–Crippen LogP) is 4.15. The number of rotatable bonds is 2. The first-order valence-corrected chi connectivity index (χ1v) is 5.66. The van der Waals surface area contributed by atoms with Gasteiger partial charge in [0, 0.05) is 0 Å². The van der Waals surface area contributed by atoms with Crippen LogP contribution >= 0.6 is 11.6 Å². The monoisotopic (exact) mass is 264 g/mol. The first kappa shape index (κ1) is 12.6. The molecule has 92 valence electrons. The molecule has 0 radical (unpaired) electrons. The Morgan fingerprint density at radius 3 is 2.39 bits per heavy atom. The fourth-order valence-electron chi connectivity index (χ4n) is 1.71. The van der Waals surface area contributed by atoms with Gasteiger partial charge in [-0.1, -0.05) is 29.8 Å². The van der Waals surface area contributed by atoms with E-state index >= 15 is 0 Å². The Labute approximate surface area is 109 Å². The maximum absolute atomic E-state index is 13.1. The van der Waals surface area contributed by atoms with Crippen molar-refractivity contribution < 1.29 is 14.3 Å². The van der Waals surface area contributed by atoms with Gasteiger partial charge in [0.15, 0.2) is 0 Å². The van der Waals surface area contributed by atoms with Crippen LogP contribution in [0.2, 0.25) is 5.02 Å². The van der Waals surface area contributed by atoms with E-state index in [1.165, 1.54) is 12.1 Å². The van der Waals surface area contributed by atoms with Crippen LogP contribution in [-0.2, 0) is 0 Å². The SMILES string of the molecule is Cc1ccc(-c2ccc(F)c(Cl)c2)cc1C(=O)O. The predicted molar refractivity (Wildman–Crippen MR) is 68.5 cm³/mol. The summed E-state index contributed by atoms with van der Waals surface area (Å²) in [6.07, 6.45) is 0. The second kappa shape index (κ2) is 4.78. The molecule has 4 heteroatoms. The van der Waals surface area contributed by atoms with Gasteiger partial charge in [0.2, 0.25) is 0 Å². The summed E-state index contributed by atoms with van der Waals surface area (Å²) < 4.78 is 13.1. The molecule has 0 bridgehead atoms. The summed E-state index contributed by atoms with van der Waals surface area (Å²) in [5, 5.41) is 9.07. The lowest BCUT2D eigenvalue weighted by molar-refractivity contribution is 0.0696. The fraction of sp³-hybridized carbons (Fsp3) is 0.0714. The highest BCUT2D eigenvalue weighted by molar-refractivity contribution is 6.31. The lowest BCUT2D eigenvalue weighted by atomic mass is 10.00. The molecule has 2 aromatic carbocycles. The summed E-state index contributed by atoms with van der Waals surface area (Å²) in [5.41, 5.74) is 2.29. The second-order valence-electron chi connectivity index (χ2n) is 3.96. The molecule has 0 aliphatic heterocycles. The fourth-order valence-corrected chi connectivity index (χ4v) is 1.89. The molecular formula is C14H10ClFO2. The van der Waals surface area contributed by atoms with E-state index < -0.39 is 11.8 Å². The summed E-state index contributed by atoms with van der Waals surface area (Å²) in [4.78, 5) is 11.0. The number of hydrogen-bond acceptors (Lipinski definition) is 1. The van der Waals surface area contributed by atoms with Crippen LogP contribution in [0.4, 0.5) is 4.39 Å². The van der Waals surface area contributed by atoms with Crippen molar-refractivity contribution in [1.82, 2.24) is 0 Å². The highest BCUT2D eigenvalue weighted by Crippen LogP contribution is 2.26. The van der Waals surface area contributed by atoms with Crippen molar-refractivity contribution in [2.75, 3.05) is 0 Å². The van der Waals surface area contributed by atoms with Crippen LogP contribution < -0.4 is 0 Å². The number of aromatic carboxylic acids is 1. The first-order chi connectivity index (χ1) is 8.49. The molecule has 0 atom stereocenters. The van der Waals surface area contributed by atoms with Gasteiger partial charge in [-0.05, 0) is 41.8 Å². The number of carbonyl (C=O) groups is 1. The zero-order valence-electron chi connectivity index (χ0n) is 9.58. The maximum atomic E-state index is 13.1. The van der Waals surface area contributed by atoms with E-state index in [0.717, 1.165) is 0 Å². The van der Waals surface area contributed by atoms with Crippen LogP contribution in [0.5, 0.6) is 0 Å². The third-order valence-corrected chi connectivity index (χ3v) is 3.01. The Balaban J connectivity index is 2.54. The average Bonchev–Trinajstić information content (AvgIpc) is 2.33. The van der Waals surface area contributed by atoms with E-state index in [1.807, 2.05) is 0 Å². The van der Waals surface area contributed by atoms with E-state index in [2.05, 4.69) is 0 Å². The molecule has 0 aliphatic rings. The summed E-state index contributed by atoms with van der Waals surface area (Å²) in [5.74, 6) is -1.48. The molecule has 0 fully saturated rings. The van der Waals surface area contributed by atoms with Crippen molar-refractivity contribution in [2.45, 2.75) is 6.92 Å². The van der Waals surface area contributed by atoms with Gasteiger partial charge < -0.3 is 5.11 Å². The Morgan fingerprint density at radius 2 is 1.78 bits per heavy atom. The Morgan fingerprint density at radius 1 is 1.17 bits per heavy atom. The molecule has 18 heavy (non-hydrogen) atoms. The zero-order chi connectivity index (χ0) is 13.3. The number of hydrogen-bond donors (Lipinski definition) is 1. The van der Waals surface area contributed by atoms with Gasteiger partial charge in [0.1, 0.15) is 5.82 Å². The summed E-state index contributed by atoms with van der Waals surface area (Å²) in [6, 6.07) is 9.37. The minimum absolute atomic E-state index is 0.0185. The number of benzene rings is 2. The second-order valence-corrected chi connectivity index (χ2v) is 4.37. The van der Waals surface area contributed by atoms with Gasteiger partial charge in [-0.2, -0.15) is 0 Å². The third kappa shape index (κ3) is 2.36. The first-order valence-electron chi connectivity index (χ1n) is 5.28. The molecular weight excluding hydrogens is 255 g/mol. The van der Waals surface area contributed by atoms with Crippen molar-refractivity contribution in [1.29, 1.82) is 0 Å². The molecule has 0 amide bonds. The van der Waals surface area contributed by atoms with Gasteiger partial charge in [-0.3, -0.25) is 0 Å². The number of halogens is 2. The van der Waals surface area contributed by atoms with Crippen molar-refractivity contribution >= 4 is 17.6 Å². The Bertz CT molecular complexity index is 623. The van der Waals surface area contributed by atoms with E-state index in [1.54, 1.807) is 31.2 Å². The molecule has 2 aromatic rings. The topological polar surface area (TPSA) is 37.3 Å². The summed E-state index contributed by atoms with van der Waals surface area (Å²) >= 11 is 5.71. The molecule has 0 aliphatic carbocycles. The van der Waals surface area contributed by atoms with Crippen molar-refractivity contribution in [3.8, 4) is 11.1 Å². The third-order valence-electron chi connectivity index (χ3n) is 2.72. The highest BCUT2D eigenvalue weighted by Gasteiger charge is 2.09. The molecule has 2 rings (SSSR count). The smallest absolute Gasteiger partial charge is 0.335 e. The van der Waals surface area contributed by atoms with Crippen molar-refractivity contribution in [3.05, 3.63) is 58.4 Å². The minimum Gasteiger partial charge on any atom is -0.478 e. The lowest BCUT2D eigenvalue weighted by Gasteiger charge is -2.06. The molecule has 0 aromatic heterocycles. The minimum atomic E-state index is -0.984. The Kier molecular flexibility index (Phi) is 3.34. The number of carboxylic acids is 1. The van der Waals surface area contributed by atoms with Gasteiger partial charge in [-0.15, -0.1) is 0 Å². The van der Waals surface area contributed by atoms with Crippen LogP contribution in [-0.4, -0.2) is 11.1 Å². The van der Waals surface area contributed by atoms with Gasteiger partial charge in [0.05, 0.1) is 10.6 Å². The van der Waals surface area contributed by atoms with Gasteiger partial charge >= 0.3 is 5.97 Å². The van der Waals surface area contributed by atoms with Crippen LogP contribution in [0.3, 0.4) is 0 Å². The molecule has 0 saturated carbocycles. The normalized spacial score (nSPS) is 10.4. The highest BCUT2D eigenvalue weighted by atomic mass is 35.5. The molecule has 2 nitrogen and oxygen atoms in total. The quantitative estimate of drug-likeness (QED) is 0.885.